The molecule has 0 radical (unpaired) electrons. The number of nitrogen functional groups attached to an aromatic ring is 1. The second-order valence-corrected chi connectivity index (χ2v) is 9.47. The van der Waals surface area contributed by atoms with Gasteiger partial charge >= 0.3 is 0 Å². The van der Waals surface area contributed by atoms with E-state index in [0.29, 0.717) is 36.4 Å². The smallest absolute Gasteiger partial charge is 0.240 e. The fourth-order valence-electron chi connectivity index (χ4n) is 3.74. The van der Waals surface area contributed by atoms with Gasteiger partial charge in [-0.25, -0.2) is 18.1 Å². The maximum Gasteiger partial charge on any atom is 0.240 e. The summed E-state index contributed by atoms with van der Waals surface area (Å²) in [5.41, 5.74) is 9.70. The first kappa shape index (κ1) is 20.5. The number of aliphatic hydroxyl groups is 1. The molecule has 1 aliphatic carbocycles. The Morgan fingerprint density at radius 3 is 2.63 bits per heavy atom. The molecule has 2 aromatic heterocycles. The molecular formula is C21H24N4O4S. The van der Waals surface area contributed by atoms with Crippen LogP contribution in [0, 0.1) is 13.8 Å². The monoisotopic (exact) mass is 428 g/mol. The number of anilines is 1. The third kappa shape index (κ3) is 4.09. The fourth-order valence-corrected chi connectivity index (χ4v) is 5.05. The average Bonchev–Trinajstić information content (AvgIpc) is 3.30. The van der Waals surface area contributed by atoms with Crippen molar-refractivity contribution in [2.24, 2.45) is 0 Å². The molecule has 0 unspecified atom stereocenters. The van der Waals surface area contributed by atoms with Gasteiger partial charge in [0.05, 0.1) is 22.3 Å². The van der Waals surface area contributed by atoms with Gasteiger partial charge in [-0.05, 0) is 62.4 Å². The molecule has 4 rings (SSSR count). The highest BCUT2D eigenvalue weighted by Gasteiger charge is 2.28. The van der Waals surface area contributed by atoms with Gasteiger partial charge in [-0.2, -0.15) is 0 Å². The molecule has 0 spiro atoms. The summed E-state index contributed by atoms with van der Waals surface area (Å²) in [5, 5.41) is 13.6. The van der Waals surface area contributed by atoms with Gasteiger partial charge in [0, 0.05) is 23.9 Å². The molecule has 2 heterocycles. The summed E-state index contributed by atoms with van der Waals surface area (Å²) in [7, 11) is -3.72. The maximum absolute atomic E-state index is 12.9. The van der Waals surface area contributed by atoms with E-state index >= 15 is 0 Å². The Bertz CT molecular complexity index is 1190. The lowest BCUT2D eigenvalue weighted by Crippen LogP contribution is -2.33. The molecule has 2 atom stereocenters. The van der Waals surface area contributed by atoms with Crippen molar-refractivity contribution in [1.29, 1.82) is 0 Å². The molecule has 0 bridgehead atoms. The van der Waals surface area contributed by atoms with Crippen molar-refractivity contribution < 1.29 is 18.0 Å². The molecule has 158 valence electrons. The number of nitrogens with zero attached hydrogens (tertiary/aromatic N) is 2. The fraction of sp³-hybridized carbons (Fsp3) is 0.333. The molecule has 1 fully saturated rings. The third-order valence-corrected chi connectivity index (χ3v) is 6.89. The first-order chi connectivity index (χ1) is 14.2. The number of nitrogens with two attached hydrogens (primary N) is 1. The molecule has 3 aromatic rings. The summed E-state index contributed by atoms with van der Waals surface area (Å²) in [6.07, 6.45) is 2.82. The average molecular weight is 429 g/mol. The quantitative estimate of drug-likeness (QED) is 0.569. The minimum Gasteiger partial charge on any atom is -0.393 e. The van der Waals surface area contributed by atoms with Crippen LogP contribution in [-0.2, 0) is 10.0 Å². The van der Waals surface area contributed by atoms with Gasteiger partial charge in [-0.15, -0.1) is 0 Å². The Morgan fingerprint density at radius 1 is 1.17 bits per heavy atom. The van der Waals surface area contributed by atoms with Crippen LogP contribution >= 0.6 is 0 Å². The van der Waals surface area contributed by atoms with Crippen molar-refractivity contribution >= 4 is 15.8 Å². The van der Waals surface area contributed by atoms with Gasteiger partial charge in [0.2, 0.25) is 10.0 Å². The largest absolute Gasteiger partial charge is 0.393 e. The minimum absolute atomic E-state index is 0.165. The molecule has 0 saturated heterocycles. The van der Waals surface area contributed by atoms with E-state index in [1.807, 2.05) is 19.9 Å². The van der Waals surface area contributed by atoms with Crippen LogP contribution in [0.5, 0.6) is 0 Å². The molecule has 0 amide bonds. The highest BCUT2D eigenvalue weighted by molar-refractivity contribution is 7.89. The number of aryl methyl sites for hydroxylation is 2. The Kier molecular flexibility index (Phi) is 5.35. The zero-order valence-corrected chi connectivity index (χ0v) is 17.6. The van der Waals surface area contributed by atoms with Crippen molar-refractivity contribution in [3.8, 4) is 22.5 Å². The predicted molar refractivity (Wildman–Crippen MR) is 113 cm³/mol. The van der Waals surface area contributed by atoms with Crippen LogP contribution in [0.4, 0.5) is 5.82 Å². The van der Waals surface area contributed by atoms with E-state index in [9.17, 15) is 13.5 Å². The number of pyridine rings is 1. The molecule has 30 heavy (non-hydrogen) atoms. The summed E-state index contributed by atoms with van der Waals surface area (Å²) in [4.78, 5) is 4.43. The molecule has 9 heteroatoms. The van der Waals surface area contributed by atoms with Crippen LogP contribution in [0.15, 0.2) is 45.9 Å². The van der Waals surface area contributed by atoms with E-state index < -0.39 is 16.1 Å². The van der Waals surface area contributed by atoms with E-state index in [4.69, 9.17) is 10.3 Å². The minimum atomic E-state index is -3.72. The lowest BCUT2D eigenvalue weighted by molar-refractivity contribution is 0.181. The third-order valence-electron chi connectivity index (χ3n) is 5.37. The van der Waals surface area contributed by atoms with Gasteiger partial charge in [-0.3, -0.25) is 0 Å². The van der Waals surface area contributed by atoms with Crippen molar-refractivity contribution in [1.82, 2.24) is 14.9 Å². The Hall–Kier alpha value is -2.75. The van der Waals surface area contributed by atoms with E-state index in [1.165, 1.54) is 0 Å². The SMILES string of the molecule is Cc1cc(-c2cc(-c3cc(S(=O)(=O)N[C@@H]4CC[C@@H](O)C4)ccc3C)cnc2N)on1. The standard InChI is InChI=1S/C21H24N4O4S/c1-12-3-6-17(30(27,28)25-15-4-5-16(26)9-15)10-18(12)14-8-19(21(22)23-11-14)20-7-13(2)24-29-20/h3,6-8,10-11,15-16,25-26H,4-5,9H2,1-2H3,(H2,22,23)/t15-,16-/m1/s1. The van der Waals surface area contributed by atoms with Crippen LogP contribution in [0.25, 0.3) is 22.5 Å². The zero-order valence-electron chi connectivity index (χ0n) is 16.8. The number of aromatic nitrogens is 2. The molecule has 0 aliphatic heterocycles. The van der Waals surface area contributed by atoms with Crippen molar-refractivity contribution in [2.45, 2.75) is 50.2 Å². The van der Waals surface area contributed by atoms with E-state index in [-0.39, 0.29) is 10.9 Å². The van der Waals surface area contributed by atoms with Crippen LogP contribution in [0.2, 0.25) is 0 Å². The summed E-state index contributed by atoms with van der Waals surface area (Å²) in [6, 6.07) is 8.31. The molecular weight excluding hydrogens is 404 g/mol. The first-order valence-corrected chi connectivity index (χ1v) is 11.2. The van der Waals surface area contributed by atoms with Crippen molar-refractivity contribution in [3.63, 3.8) is 0 Å². The van der Waals surface area contributed by atoms with Gasteiger partial charge < -0.3 is 15.4 Å². The first-order valence-electron chi connectivity index (χ1n) is 9.73. The zero-order chi connectivity index (χ0) is 21.5. The second kappa shape index (κ2) is 7.82. The van der Waals surface area contributed by atoms with Crippen LogP contribution in [0.1, 0.15) is 30.5 Å². The lowest BCUT2D eigenvalue weighted by atomic mass is 10.00. The number of sulfonamides is 1. The summed E-state index contributed by atoms with van der Waals surface area (Å²) in [5.74, 6) is 0.806. The summed E-state index contributed by atoms with van der Waals surface area (Å²) < 4.78 is 33.8. The Morgan fingerprint density at radius 2 is 1.97 bits per heavy atom. The predicted octanol–water partition coefficient (Wildman–Crippen LogP) is 2.79. The highest BCUT2D eigenvalue weighted by atomic mass is 32.2. The number of rotatable bonds is 5. The van der Waals surface area contributed by atoms with Crippen LogP contribution in [-0.4, -0.2) is 35.8 Å². The van der Waals surface area contributed by atoms with Gasteiger partial charge in [-0.1, -0.05) is 11.2 Å². The summed E-state index contributed by atoms with van der Waals surface area (Å²) in [6.45, 7) is 3.72. The van der Waals surface area contributed by atoms with E-state index in [2.05, 4.69) is 14.9 Å². The maximum atomic E-state index is 12.9. The Labute approximate surface area is 175 Å². The number of aliphatic hydroxyl groups excluding tert-OH is 1. The van der Waals surface area contributed by atoms with Crippen LogP contribution < -0.4 is 10.5 Å². The molecule has 4 N–H and O–H groups in total. The highest BCUT2D eigenvalue weighted by Crippen LogP contribution is 2.32. The topological polar surface area (TPSA) is 131 Å². The Balaban J connectivity index is 1.70. The van der Waals surface area contributed by atoms with Gasteiger partial charge in [0.15, 0.2) is 5.76 Å². The molecule has 8 nitrogen and oxygen atoms in total. The second-order valence-electron chi connectivity index (χ2n) is 7.75. The van der Waals surface area contributed by atoms with Crippen LogP contribution in [0.3, 0.4) is 0 Å². The number of hydrogen-bond donors (Lipinski definition) is 3. The van der Waals surface area contributed by atoms with Gasteiger partial charge in [0.1, 0.15) is 5.82 Å². The normalized spacial score (nSPS) is 19.3. The van der Waals surface area contributed by atoms with Crippen molar-refractivity contribution in [2.75, 3.05) is 5.73 Å². The lowest BCUT2D eigenvalue weighted by Gasteiger charge is -2.15. The molecule has 1 aromatic carbocycles. The number of nitrogens with one attached hydrogen (secondary N) is 1. The molecule has 1 aliphatic rings. The number of benzene rings is 1. The van der Waals surface area contributed by atoms with Gasteiger partial charge in [0.25, 0.3) is 0 Å². The summed E-state index contributed by atoms with van der Waals surface area (Å²) >= 11 is 0. The van der Waals surface area contributed by atoms with E-state index in [1.54, 1.807) is 30.5 Å². The van der Waals surface area contributed by atoms with E-state index in [0.717, 1.165) is 22.4 Å². The van der Waals surface area contributed by atoms with Crippen molar-refractivity contribution in [3.05, 3.63) is 47.8 Å². The molecule has 1 saturated carbocycles. The number of hydrogen-bond acceptors (Lipinski definition) is 7.